The van der Waals surface area contributed by atoms with E-state index in [1.54, 1.807) is 0 Å². The zero-order valence-electron chi connectivity index (χ0n) is 21.6. The second-order valence-electron chi connectivity index (χ2n) is 11.2. The Labute approximate surface area is 222 Å². The number of pyridine rings is 1. The summed E-state index contributed by atoms with van der Waals surface area (Å²) in [6.07, 6.45) is 4.22. The van der Waals surface area contributed by atoms with Crippen molar-refractivity contribution >= 4 is 22.5 Å². The van der Waals surface area contributed by atoms with Crippen LogP contribution in [0.1, 0.15) is 51.7 Å². The molecule has 0 N–H and O–H groups in total. The summed E-state index contributed by atoms with van der Waals surface area (Å²) in [6, 6.07) is 25.0. The summed E-state index contributed by atoms with van der Waals surface area (Å²) in [4.78, 5) is 18.5. The monoisotopic (exact) mass is 504 g/mol. The maximum Gasteiger partial charge on any atom is 0.226 e. The van der Waals surface area contributed by atoms with Gasteiger partial charge in [-0.25, -0.2) is 4.98 Å². The van der Waals surface area contributed by atoms with Gasteiger partial charge in [-0.2, -0.15) is 9.97 Å². The molecule has 0 atom stereocenters. The second-order valence-corrected chi connectivity index (χ2v) is 11.5. The normalized spacial score (nSPS) is 15.9. The highest BCUT2D eigenvalue weighted by Crippen LogP contribution is 2.47. The Morgan fingerprint density at radius 1 is 0.649 bits per heavy atom. The van der Waals surface area contributed by atoms with E-state index in [2.05, 4.69) is 74.1 Å². The topological polar surface area (TPSA) is 51.6 Å². The van der Waals surface area contributed by atoms with Gasteiger partial charge in [0.25, 0.3) is 0 Å². The first kappa shape index (κ1) is 23.7. The van der Waals surface area contributed by atoms with Gasteiger partial charge in [0.2, 0.25) is 5.28 Å². The maximum absolute atomic E-state index is 6.37. The van der Waals surface area contributed by atoms with Crippen molar-refractivity contribution in [2.24, 2.45) is 0 Å². The third-order valence-corrected chi connectivity index (χ3v) is 7.98. The first-order valence-corrected chi connectivity index (χ1v) is 13.1. The molecular formula is C32H29ClN4. The molecule has 5 aromatic rings. The van der Waals surface area contributed by atoms with Crippen LogP contribution in [0.25, 0.3) is 44.8 Å². The first-order valence-electron chi connectivity index (χ1n) is 12.7. The van der Waals surface area contributed by atoms with Crippen molar-refractivity contribution in [3.8, 4) is 33.9 Å². The van der Waals surface area contributed by atoms with Crippen LogP contribution in [0.15, 0.2) is 79.0 Å². The van der Waals surface area contributed by atoms with E-state index in [0.717, 1.165) is 27.6 Å². The molecule has 37 heavy (non-hydrogen) atoms. The molecule has 3 aromatic carbocycles. The van der Waals surface area contributed by atoms with Crippen LogP contribution < -0.4 is 0 Å². The molecule has 0 radical (unpaired) electrons. The molecule has 0 spiro atoms. The molecule has 6 rings (SSSR count). The molecule has 2 aromatic heterocycles. The molecule has 0 fully saturated rings. The van der Waals surface area contributed by atoms with Crippen molar-refractivity contribution in [2.75, 3.05) is 0 Å². The molecule has 0 aliphatic heterocycles. The fourth-order valence-electron chi connectivity index (χ4n) is 5.54. The molecular weight excluding hydrogens is 476 g/mol. The molecule has 1 aliphatic rings. The Bertz CT molecular complexity index is 1640. The Morgan fingerprint density at radius 2 is 1.35 bits per heavy atom. The number of rotatable bonds is 3. The van der Waals surface area contributed by atoms with Gasteiger partial charge in [-0.1, -0.05) is 88.4 Å². The van der Waals surface area contributed by atoms with Crippen molar-refractivity contribution in [1.29, 1.82) is 0 Å². The van der Waals surface area contributed by atoms with Crippen LogP contribution in [0.5, 0.6) is 0 Å². The van der Waals surface area contributed by atoms with Crippen molar-refractivity contribution in [3.63, 3.8) is 0 Å². The third-order valence-electron chi connectivity index (χ3n) is 7.81. The molecule has 0 bridgehead atoms. The number of hydrogen-bond donors (Lipinski definition) is 0. The number of fused-ring (bicyclic) bond motifs is 2. The van der Waals surface area contributed by atoms with Crippen molar-refractivity contribution in [2.45, 2.75) is 51.4 Å². The Morgan fingerprint density at radius 3 is 2.14 bits per heavy atom. The maximum atomic E-state index is 6.37. The van der Waals surface area contributed by atoms with Crippen LogP contribution in [-0.2, 0) is 10.8 Å². The molecule has 5 heteroatoms. The molecule has 0 amide bonds. The molecule has 1 aliphatic carbocycles. The number of halogens is 1. The zero-order chi connectivity index (χ0) is 25.8. The summed E-state index contributed by atoms with van der Waals surface area (Å²) < 4.78 is 0. The Hall–Kier alpha value is -3.63. The average Bonchev–Trinajstić information content (AvgIpc) is 2.91. The van der Waals surface area contributed by atoms with Crippen LogP contribution in [-0.4, -0.2) is 19.9 Å². The largest absolute Gasteiger partial charge is 0.256 e. The molecule has 0 saturated heterocycles. The SMILES string of the molecule is CC1(C)CCC(C)(C)c2cc(-c3ccc(-c4nc(Cl)nc(-c5ccccc5)n4)c4cccnc34)ccc21. The van der Waals surface area contributed by atoms with Crippen molar-refractivity contribution < 1.29 is 0 Å². The number of benzene rings is 3. The van der Waals surface area contributed by atoms with Crippen LogP contribution in [0.4, 0.5) is 0 Å². The van der Waals surface area contributed by atoms with Crippen LogP contribution in [0.2, 0.25) is 5.28 Å². The van der Waals surface area contributed by atoms with Gasteiger partial charge >= 0.3 is 0 Å². The van der Waals surface area contributed by atoms with Crippen LogP contribution in [0, 0.1) is 0 Å². The fourth-order valence-corrected chi connectivity index (χ4v) is 5.70. The summed E-state index contributed by atoms with van der Waals surface area (Å²) in [5.41, 5.74) is 8.19. The van der Waals surface area contributed by atoms with Gasteiger partial charge in [0.05, 0.1) is 5.52 Å². The predicted molar refractivity (Wildman–Crippen MR) is 152 cm³/mol. The lowest BCUT2D eigenvalue weighted by Gasteiger charge is -2.42. The Kier molecular flexibility index (Phi) is 5.61. The van der Waals surface area contributed by atoms with E-state index in [9.17, 15) is 0 Å². The van der Waals surface area contributed by atoms with Crippen LogP contribution in [0.3, 0.4) is 0 Å². The van der Waals surface area contributed by atoms with E-state index in [1.165, 1.54) is 29.5 Å². The average molecular weight is 505 g/mol. The van der Waals surface area contributed by atoms with Gasteiger partial charge in [0, 0.05) is 28.3 Å². The summed E-state index contributed by atoms with van der Waals surface area (Å²) >= 11 is 6.37. The fraction of sp³-hybridized carbons (Fsp3) is 0.250. The first-order chi connectivity index (χ1) is 17.7. The summed E-state index contributed by atoms with van der Waals surface area (Å²) in [6.45, 7) is 9.43. The van der Waals surface area contributed by atoms with E-state index >= 15 is 0 Å². The van der Waals surface area contributed by atoms with Gasteiger partial charge in [-0.3, -0.25) is 4.98 Å². The lowest BCUT2D eigenvalue weighted by Crippen LogP contribution is -2.33. The highest BCUT2D eigenvalue weighted by molar-refractivity contribution is 6.28. The summed E-state index contributed by atoms with van der Waals surface area (Å²) in [5, 5.41) is 1.16. The molecule has 184 valence electrons. The van der Waals surface area contributed by atoms with Crippen molar-refractivity contribution in [3.05, 3.63) is 95.4 Å². The minimum atomic E-state index is 0.138. The smallest absolute Gasteiger partial charge is 0.226 e. The minimum Gasteiger partial charge on any atom is -0.256 e. The highest BCUT2D eigenvalue weighted by atomic mass is 35.5. The predicted octanol–water partition coefficient (Wildman–Crippen LogP) is 8.42. The lowest BCUT2D eigenvalue weighted by atomic mass is 9.63. The Balaban J connectivity index is 1.52. The van der Waals surface area contributed by atoms with Crippen LogP contribution >= 0.6 is 11.6 Å². The summed E-state index contributed by atoms with van der Waals surface area (Å²) in [7, 11) is 0. The van der Waals surface area contributed by atoms with Gasteiger partial charge < -0.3 is 0 Å². The molecule has 2 heterocycles. The quantitative estimate of drug-likeness (QED) is 0.247. The lowest BCUT2D eigenvalue weighted by molar-refractivity contribution is 0.332. The van der Waals surface area contributed by atoms with E-state index in [4.69, 9.17) is 21.6 Å². The number of nitrogens with zero attached hydrogens (tertiary/aromatic N) is 4. The third kappa shape index (κ3) is 4.19. The van der Waals surface area contributed by atoms with Gasteiger partial charge in [-0.15, -0.1) is 0 Å². The van der Waals surface area contributed by atoms with Gasteiger partial charge in [-0.05, 0) is 64.1 Å². The number of hydrogen-bond acceptors (Lipinski definition) is 4. The standard InChI is InChI=1S/C32H29ClN4/c1-31(2)16-17-32(3,4)26-19-21(12-15-25(26)31)22-13-14-24(23-11-8-18-34-27(22)23)29-35-28(36-30(33)37-29)20-9-6-5-7-10-20/h5-15,18-19H,16-17H2,1-4H3. The zero-order valence-corrected chi connectivity index (χ0v) is 22.3. The summed E-state index contributed by atoms with van der Waals surface area (Å²) in [5.74, 6) is 1.09. The molecule has 0 unspecified atom stereocenters. The number of aromatic nitrogens is 4. The molecule has 0 saturated carbocycles. The minimum absolute atomic E-state index is 0.138. The van der Waals surface area contributed by atoms with E-state index in [0.29, 0.717) is 11.6 Å². The van der Waals surface area contributed by atoms with Gasteiger partial charge in [0.1, 0.15) is 0 Å². The van der Waals surface area contributed by atoms with E-state index in [-0.39, 0.29) is 16.1 Å². The van der Waals surface area contributed by atoms with Gasteiger partial charge in [0.15, 0.2) is 11.6 Å². The highest BCUT2D eigenvalue weighted by Gasteiger charge is 2.37. The van der Waals surface area contributed by atoms with E-state index < -0.39 is 0 Å². The van der Waals surface area contributed by atoms with Crippen molar-refractivity contribution in [1.82, 2.24) is 19.9 Å². The second kappa shape index (κ2) is 8.74. The molecule has 4 nitrogen and oxygen atoms in total. The van der Waals surface area contributed by atoms with E-state index in [1.807, 2.05) is 42.6 Å².